The van der Waals surface area contributed by atoms with E-state index in [0.29, 0.717) is 5.69 Å². The van der Waals surface area contributed by atoms with Gasteiger partial charge in [-0.25, -0.2) is 0 Å². The zero-order valence-electron chi connectivity index (χ0n) is 14.3. The fourth-order valence-corrected chi connectivity index (χ4v) is 3.13. The normalized spacial score (nSPS) is 14.3. The van der Waals surface area contributed by atoms with Gasteiger partial charge in [-0.2, -0.15) is 4.68 Å². The number of anilines is 2. The fourth-order valence-electron chi connectivity index (χ4n) is 2.47. The summed E-state index contributed by atoms with van der Waals surface area (Å²) in [5.74, 6) is 5.50. The summed E-state index contributed by atoms with van der Waals surface area (Å²) in [5, 5.41) is 10.6. The molecule has 10 heteroatoms. The van der Waals surface area contributed by atoms with Gasteiger partial charge in [-0.05, 0) is 31.2 Å². The van der Waals surface area contributed by atoms with E-state index in [9.17, 15) is 9.59 Å². The van der Waals surface area contributed by atoms with Gasteiger partial charge in [-0.1, -0.05) is 11.8 Å². The average molecular weight is 376 g/mol. The summed E-state index contributed by atoms with van der Waals surface area (Å²) in [6, 6.07) is 7.66. The second kappa shape index (κ2) is 8.19. The highest BCUT2D eigenvalue weighted by atomic mass is 32.2. The predicted molar refractivity (Wildman–Crippen MR) is 100 cm³/mol. The van der Waals surface area contributed by atoms with Crippen molar-refractivity contribution in [3.8, 4) is 0 Å². The van der Waals surface area contributed by atoms with E-state index < -0.39 is 5.56 Å². The SMILES string of the molecule is Cc1nnc(SCC(=O)Nc2ccc(N3CCOCC3)cc2)n(N)c1=O. The smallest absolute Gasteiger partial charge is 0.294 e. The number of rotatable bonds is 5. The zero-order chi connectivity index (χ0) is 18.5. The van der Waals surface area contributed by atoms with E-state index in [0.717, 1.165) is 48.4 Å². The van der Waals surface area contributed by atoms with Gasteiger partial charge in [-0.3, -0.25) is 9.59 Å². The molecule has 1 saturated heterocycles. The van der Waals surface area contributed by atoms with Crippen molar-refractivity contribution in [2.45, 2.75) is 12.1 Å². The molecular formula is C16H20N6O3S. The number of thioether (sulfide) groups is 1. The Hall–Kier alpha value is -2.59. The lowest BCUT2D eigenvalue weighted by atomic mass is 10.2. The van der Waals surface area contributed by atoms with Crippen molar-refractivity contribution in [2.75, 3.05) is 48.1 Å². The Bertz CT molecular complexity index is 833. The van der Waals surface area contributed by atoms with E-state index in [1.165, 1.54) is 6.92 Å². The van der Waals surface area contributed by atoms with E-state index in [-0.39, 0.29) is 22.5 Å². The summed E-state index contributed by atoms with van der Waals surface area (Å²) in [6.07, 6.45) is 0. The van der Waals surface area contributed by atoms with Crippen LogP contribution in [0.1, 0.15) is 5.69 Å². The summed E-state index contributed by atoms with van der Waals surface area (Å²) < 4.78 is 6.24. The number of amides is 1. The molecule has 0 aliphatic carbocycles. The highest BCUT2D eigenvalue weighted by molar-refractivity contribution is 7.99. The Kier molecular flexibility index (Phi) is 5.74. The van der Waals surface area contributed by atoms with Crippen LogP contribution in [-0.4, -0.2) is 52.8 Å². The van der Waals surface area contributed by atoms with Gasteiger partial charge in [0, 0.05) is 24.5 Å². The van der Waals surface area contributed by atoms with Gasteiger partial charge >= 0.3 is 0 Å². The molecule has 1 amide bonds. The molecule has 1 aromatic heterocycles. The minimum Gasteiger partial charge on any atom is -0.378 e. The second-order valence-corrected chi connectivity index (χ2v) is 6.67. The maximum atomic E-state index is 12.1. The fraction of sp³-hybridized carbons (Fsp3) is 0.375. The van der Waals surface area contributed by atoms with Gasteiger partial charge in [0.05, 0.1) is 19.0 Å². The van der Waals surface area contributed by atoms with Crippen LogP contribution in [0.5, 0.6) is 0 Å². The molecule has 138 valence electrons. The molecule has 0 bridgehead atoms. The van der Waals surface area contributed by atoms with Crippen molar-refractivity contribution in [3.63, 3.8) is 0 Å². The third-order valence-corrected chi connectivity index (χ3v) is 4.82. The first-order chi connectivity index (χ1) is 12.5. The molecule has 3 N–H and O–H groups in total. The Morgan fingerprint density at radius 2 is 1.96 bits per heavy atom. The predicted octanol–water partition coefficient (Wildman–Crippen LogP) is 0.228. The lowest BCUT2D eigenvalue weighted by Gasteiger charge is -2.28. The number of hydrogen-bond donors (Lipinski definition) is 2. The van der Waals surface area contributed by atoms with Crippen LogP contribution in [0.2, 0.25) is 0 Å². The minimum atomic E-state index is -0.429. The summed E-state index contributed by atoms with van der Waals surface area (Å²) in [7, 11) is 0. The summed E-state index contributed by atoms with van der Waals surface area (Å²) in [5.41, 5.74) is 1.58. The first-order valence-electron chi connectivity index (χ1n) is 8.11. The summed E-state index contributed by atoms with van der Waals surface area (Å²) >= 11 is 1.05. The van der Waals surface area contributed by atoms with Gasteiger partial charge < -0.3 is 20.8 Å². The number of benzene rings is 1. The third kappa shape index (κ3) is 4.33. The van der Waals surface area contributed by atoms with Crippen molar-refractivity contribution in [3.05, 3.63) is 40.3 Å². The molecule has 1 fully saturated rings. The Balaban J connectivity index is 1.55. The first kappa shape index (κ1) is 18.2. The number of hydrogen-bond acceptors (Lipinski definition) is 8. The standard InChI is InChI=1S/C16H20N6O3S/c1-11-15(24)22(17)16(20-19-11)26-10-14(23)18-12-2-4-13(5-3-12)21-6-8-25-9-7-21/h2-5H,6-10,17H2,1H3,(H,18,23). The molecule has 0 saturated carbocycles. The van der Waals surface area contributed by atoms with Crippen LogP contribution in [0.25, 0.3) is 0 Å². The highest BCUT2D eigenvalue weighted by Gasteiger charge is 2.12. The van der Waals surface area contributed by atoms with Gasteiger partial charge in [0.2, 0.25) is 11.1 Å². The number of aromatic nitrogens is 3. The monoisotopic (exact) mass is 376 g/mol. The van der Waals surface area contributed by atoms with Crippen LogP contribution < -0.4 is 21.6 Å². The number of nitrogens with two attached hydrogens (primary N) is 1. The number of aryl methyl sites for hydroxylation is 1. The molecular weight excluding hydrogens is 356 g/mol. The van der Waals surface area contributed by atoms with E-state index >= 15 is 0 Å². The number of ether oxygens (including phenoxy) is 1. The second-order valence-electron chi connectivity index (χ2n) is 5.73. The van der Waals surface area contributed by atoms with Crippen LogP contribution >= 0.6 is 11.8 Å². The van der Waals surface area contributed by atoms with Crippen molar-refractivity contribution < 1.29 is 9.53 Å². The topological polar surface area (TPSA) is 115 Å². The van der Waals surface area contributed by atoms with E-state index in [2.05, 4.69) is 20.4 Å². The Morgan fingerprint density at radius 1 is 1.27 bits per heavy atom. The van der Waals surface area contributed by atoms with Crippen LogP contribution in [0.3, 0.4) is 0 Å². The number of morpholine rings is 1. The molecule has 0 atom stereocenters. The molecule has 26 heavy (non-hydrogen) atoms. The van der Waals surface area contributed by atoms with Crippen molar-refractivity contribution >= 4 is 29.0 Å². The molecule has 0 radical (unpaired) electrons. The number of nitrogens with zero attached hydrogens (tertiary/aromatic N) is 4. The maximum Gasteiger partial charge on any atom is 0.294 e. The Labute approximate surface area is 154 Å². The summed E-state index contributed by atoms with van der Waals surface area (Å²) in [4.78, 5) is 26.0. The minimum absolute atomic E-state index is 0.0690. The summed E-state index contributed by atoms with van der Waals surface area (Å²) in [6.45, 7) is 4.70. The number of nitrogens with one attached hydrogen (secondary N) is 1. The Morgan fingerprint density at radius 3 is 2.65 bits per heavy atom. The number of carbonyl (C=O) groups is 1. The molecule has 9 nitrogen and oxygen atoms in total. The van der Waals surface area contributed by atoms with Gasteiger partial charge in [0.15, 0.2) is 0 Å². The molecule has 0 unspecified atom stereocenters. The van der Waals surface area contributed by atoms with Gasteiger partial charge in [0.25, 0.3) is 5.56 Å². The van der Waals surface area contributed by atoms with Crippen molar-refractivity contribution in [1.82, 2.24) is 14.9 Å². The van der Waals surface area contributed by atoms with Gasteiger partial charge in [0.1, 0.15) is 5.69 Å². The maximum absolute atomic E-state index is 12.1. The first-order valence-corrected chi connectivity index (χ1v) is 9.10. The van der Waals surface area contributed by atoms with Crippen LogP contribution in [0, 0.1) is 6.92 Å². The van der Waals surface area contributed by atoms with Crippen LogP contribution in [0.15, 0.2) is 34.2 Å². The van der Waals surface area contributed by atoms with E-state index in [4.69, 9.17) is 10.6 Å². The molecule has 0 spiro atoms. The van der Waals surface area contributed by atoms with Crippen molar-refractivity contribution in [1.29, 1.82) is 0 Å². The van der Waals surface area contributed by atoms with Gasteiger partial charge in [-0.15, -0.1) is 10.2 Å². The zero-order valence-corrected chi connectivity index (χ0v) is 15.2. The van der Waals surface area contributed by atoms with E-state index in [1.54, 1.807) is 0 Å². The van der Waals surface area contributed by atoms with Crippen LogP contribution in [-0.2, 0) is 9.53 Å². The molecule has 2 heterocycles. The number of nitrogen functional groups attached to an aromatic ring is 1. The van der Waals surface area contributed by atoms with E-state index in [1.807, 2.05) is 24.3 Å². The van der Waals surface area contributed by atoms with Crippen LogP contribution in [0.4, 0.5) is 11.4 Å². The molecule has 1 aliphatic heterocycles. The number of carbonyl (C=O) groups excluding carboxylic acids is 1. The lowest BCUT2D eigenvalue weighted by Crippen LogP contribution is -2.36. The molecule has 3 rings (SSSR count). The quantitative estimate of drug-likeness (QED) is 0.563. The largest absolute Gasteiger partial charge is 0.378 e. The molecule has 1 aliphatic rings. The highest BCUT2D eigenvalue weighted by Crippen LogP contribution is 2.19. The lowest BCUT2D eigenvalue weighted by molar-refractivity contribution is -0.113. The third-order valence-electron chi connectivity index (χ3n) is 3.88. The van der Waals surface area contributed by atoms with Crippen molar-refractivity contribution in [2.24, 2.45) is 0 Å². The average Bonchev–Trinajstić information content (AvgIpc) is 2.67. The molecule has 1 aromatic carbocycles. The molecule has 2 aromatic rings.